The van der Waals surface area contributed by atoms with Gasteiger partial charge in [-0.15, -0.1) is 0 Å². The van der Waals surface area contributed by atoms with Crippen LogP contribution in [0.4, 0.5) is 4.39 Å². The summed E-state index contributed by atoms with van der Waals surface area (Å²) in [5.74, 6) is -1.72. The van der Waals surface area contributed by atoms with Gasteiger partial charge >= 0.3 is 5.97 Å². The molecule has 0 fully saturated rings. The van der Waals surface area contributed by atoms with Gasteiger partial charge in [0.25, 0.3) is 0 Å². The Kier molecular flexibility index (Phi) is 5.41. The third-order valence-electron chi connectivity index (χ3n) is 4.63. The Morgan fingerprint density at radius 1 is 1.17 bits per heavy atom. The van der Waals surface area contributed by atoms with Crippen molar-refractivity contribution < 1.29 is 19.0 Å². The van der Waals surface area contributed by atoms with Crippen LogP contribution in [0.5, 0.6) is 0 Å². The second-order valence-electron chi connectivity index (χ2n) is 7.96. The lowest BCUT2D eigenvalue weighted by atomic mass is 9.86. The molecule has 4 nitrogen and oxygen atoms in total. The Hall–Kier alpha value is -3.23. The molecule has 0 aliphatic carbocycles. The number of ether oxygens (including phenoxy) is 1. The standard InChI is InChI=1S/C24H22FNO3/c1-14-11-15-7-5-6-8-18(15)21(16-9-10-19(25)17(12-16)13-26)20(14)22(23(27)28)29-24(2,3)4/h5-12,22H,1-4H3,(H,27,28). The number of nitriles is 1. The number of aryl methyl sites for hydroxylation is 1. The van der Waals surface area contributed by atoms with E-state index in [1.807, 2.05) is 43.3 Å². The van der Waals surface area contributed by atoms with Gasteiger partial charge in [0.2, 0.25) is 0 Å². The van der Waals surface area contributed by atoms with Crippen LogP contribution in [0.2, 0.25) is 0 Å². The molecule has 0 heterocycles. The molecule has 1 unspecified atom stereocenters. The topological polar surface area (TPSA) is 70.3 Å². The molecule has 3 rings (SSSR count). The molecule has 1 atom stereocenters. The monoisotopic (exact) mass is 391 g/mol. The summed E-state index contributed by atoms with van der Waals surface area (Å²) < 4.78 is 19.9. The third-order valence-corrected chi connectivity index (χ3v) is 4.63. The SMILES string of the molecule is Cc1cc2ccccc2c(-c2ccc(F)c(C#N)c2)c1C(OC(C)(C)C)C(=O)O. The van der Waals surface area contributed by atoms with Crippen LogP contribution in [0, 0.1) is 24.1 Å². The predicted molar refractivity (Wildman–Crippen MR) is 110 cm³/mol. The van der Waals surface area contributed by atoms with E-state index in [0.717, 1.165) is 16.3 Å². The lowest BCUT2D eigenvalue weighted by molar-refractivity contribution is -0.160. The van der Waals surface area contributed by atoms with Gasteiger partial charge in [0, 0.05) is 5.56 Å². The van der Waals surface area contributed by atoms with Crippen LogP contribution in [0.3, 0.4) is 0 Å². The molecule has 5 heteroatoms. The van der Waals surface area contributed by atoms with Gasteiger partial charge in [-0.1, -0.05) is 36.4 Å². The van der Waals surface area contributed by atoms with Gasteiger partial charge < -0.3 is 9.84 Å². The number of halogens is 1. The smallest absolute Gasteiger partial charge is 0.337 e. The lowest BCUT2D eigenvalue weighted by Gasteiger charge is -2.28. The average Bonchev–Trinajstić information content (AvgIpc) is 2.65. The van der Waals surface area contributed by atoms with Crippen LogP contribution in [0.1, 0.15) is 43.6 Å². The van der Waals surface area contributed by atoms with Crippen molar-refractivity contribution in [3.63, 3.8) is 0 Å². The molecule has 0 radical (unpaired) electrons. The fourth-order valence-electron chi connectivity index (χ4n) is 3.51. The van der Waals surface area contributed by atoms with E-state index in [4.69, 9.17) is 4.74 Å². The largest absolute Gasteiger partial charge is 0.479 e. The van der Waals surface area contributed by atoms with Gasteiger partial charge in [0.1, 0.15) is 11.9 Å². The highest BCUT2D eigenvalue weighted by Crippen LogP contribution is 2.40. The molecule has 0 aliphatic rings. The van der Waals surface area contributed by atoms with Gasteiger partial charge in [-0.25, -0.2) is 9.18 Å². The molecule has 0 aromatic heterocycles. The number of hydrogen-bond acceptors (Lipinski definition) is 3. The zero-order chi connectivity index (χ0) is 21.3. The first-order valence-corrected chi connectivity index (χ1v) is 9.25. The van der Waals surface area contributed by atoms with Gasteiger partial charge in [-0.3, -0.25) is 0 Å². The number of aliphatic carboxylic acids is 1. The predicted octanol–water partition coefficient (Wildman–Crippen LogP) is 5.77. The molecule has 0 bridgehead atoms. The maximum absolute atomic E-state index is 13.9. The third kappa shape index (κ3) is 4.13. The molecule has 0 aliphatic heterocycles. The highest BCUT2D eigenvalue weighted by Gasteiger charge is 2.31. The second kappa shape index (κ2) is 7.65. The number of hydrogen-bond donors (Lipinski definition) is 1. The van der Waals surface area contributed by atoms with Crippen LogP contribution < -0.4 is 0 Å². The number of nitrogens with zero attached hydrogens (tertiary/aromatic N) is 1. The number of carbonyl (C=O) groups is 1. The van der Waals surface area contributed by atoms with E-state index in [1.165, 1.54) is 12.1 Å². The Bertz CT molecular complexity index is 1140. The summed E-state index contributed by atoms with van der Waals surface area (Å²) >= 11 is 0. The van der Waals surface area contributed by atoms with Crippen molar-refractivity contribution in [2.24, 2.45) is 0 Å². The molecule has 3 aromatic carbocycles. The van der Waals surface area contributed by atoms with Crippen molar-refractivity contribution in [3.05, 3.63) is 71.0 Å². The van der Waals surface area contributed by atoms with E-state index in [-0.39, 0.29) is 5.56 Å². The number of carboxylic acids is 1. The minimum Gasteiger partial charge on any atom is -0.479 e. The zero-order valence-corrected chi connectivity index (χ0v) is 16.8. The molecule has 0 saturated carbocycles. The highest BCUT2D eigenvalue weighted by molar-refractivity contribution is 6.01. The fraction of sp³-hybridized carbons (Fsp3) is 0.250. The molecule has 0 spiro atoms. The van der Waals surface area contributed by atoms with Crippen LogP contribution in [0.25, 0.3) is 21.9 Å². The minimum absolute atomic E-state index is 0.0948. The summed E-state index contributed by atoms with van der Waals surface area (Å²) in [6, 6.07) is 15.6. The van der Waals surface area contributed by atoms with Crippen molar-refractivity contribution in [1.82, 2.24) is 0 Å². The number of rotatable bonds is 4. The van der Waals surface area contributed by atoms with Gasteiger partial charge in [-0.05, 0) is 67.3 Å². The molecule has 0 amide bonds. The zero-order valence-electron chi connectivity index (χ0n) is 16.8. The van der Waals surface area contributed by atoms with Gasteiger partial charge in [-0.2, -0.15) is 5.26 Å². The number of carboxylic acid groups (broad SMARTS) is 1. The molecule has 1 N–H and O–H groups in total. The first-order valence-electron chi connectivity index (χ1n) is 9.25. The lowest BCUT2D eigenvalue weighted by Crippen LogP contribution is -2.28. The maximum atomic E-state index is 13.9. The molecule has 29 heavy (non-hydrogen) atoms. The summed E-state index contributed by atoms with van der Waals surface area (Å²) in [4.78, 5) is 12.2. The normalized spacial score (nSPS) is 12.6. The maximum Gasteiger partial charge on any atom is 0.337 e. The van der Waals surface area contributed by atoms with E-state index in [0.29, 0.717) is 16.7 Å². The summed E-state index contributed by atoms with van der Waals surface area (Å²) in [5.41, 5.74) is 1.66. The Balaban J connectivity index is 2.42. The quantitative estimate of drug-likeness (QED) is 0.613. The van der Waals surface area contributed by atoms with Crippen molar-refractivity contribution >= 4 is 16.7 Å². The second-order valence-corrected chi connectivity index (χ2v) is 7.96. The Morgan fingerprint density at radius 2 is 1.86 bits per heavy atom. The van der Waals surface area contributed by atoms with E-state index in [9.17, 15) is 19.6 Å². The molecule has 3 aromatic rings. The van der Waals surface area contributed by atoms with Crippen LogP contribution >= 0.6 is 0 Å². The Morgan fingerprint density at radius 3 is 2.48 bits per heavy atom. The summed E-state index contributed by atoms with van der Waals surface area (Å²) in [6.07, 6.45) is -1.22. The molecular weight excluding hydrogens is 369 g/mol. The molecule has 148 valence electrons. The van der Waals surface area contributed by atoms with Crippen molar-refractivity contribution in [2.75, 3.05) is 0 Å². The fourth-order valence-corrected chi connectivity index (χ4v) is 3.51. The van der Waals surface area contributed by atoms with Crippen molar-refractivity contribution in [1.29, 1.82) is 5.26 Å². The van der Waals surface area contributed by atoms with Crippen LogP contribution in [-0.4, -0.2) is 16.7 Å². The summed E-state index contributed by atoms with van der Waals surface area (Å²) in [7, 11) is 0. The summed E-state index contributed by atoms with van der Waals surface area (Å²) in [5, 5.41) is 21.0. The minimum atomic E-state index is -1.22. The number of fused-ring (bicyclic) bond motifs is 1. The highest BCUT2D eigenvalue weighted by atomic mass is 19.1. The summed E-state index contributed by atoms with van der Waals surface area (Å²) in [6.45, 7) is 7.22. The van der Waals surface area contributed by atoms with E-state index < -0.39 is 23.5 Å². The van der Waals surface area contributed by atoms with Crippen molar-refractivity contribution in [3.8, 4) is 17.2 Å². The Labute approximate surface area is 169 Å². The molecule has 0 saturated heterocycles. The molecular formula is C24H22FNO3. The van der Waals surface area contributed by atoms with Gasteiger partial charge in [0.05, 0.1) is 11.2 Å². The number of benzene rings is 3. The van der Waals surface area contributed by atoms with Crippen LogP contribution in [-0.2, 0) is 9.53 Å². The first-order chi connectivity index (χ1) is 13.6. The van der Waals surface area contributed by atoms with E-state index in [2.05, 4.69) is 0 Å². The van der Waals surface area contributed by atoms with Gasteiger partial charge in [0.15, 0.2) is 6.10 Å². The van der Waals surface area contributed by atoms with Crippen molar-refractivity contribution in [2.45, 2.75) is 39.4 Å². The van der Waals surface area contributed by atoms with E-state index >= 15 is 0 Å². The first kappa shape index (κ1) is 20.5. The van der Waals surface area contributed by atoms with E-state index in [1.54, 1.807) is 26.8 Å². The average molecular weight is 391 g/mol. The van der Waals surface area contributed by atoms with Crippen LogP contribution in [0.15, 0.2) is 48.5 Å².